The first kappa shape index (κ1) is 16.1. The third-order valence-electron chi connectivity index (χ3n) is 4.30. The van der Waals surface area contributed by atoms with Gasteiger partial charge >= 0.3 is 5.69 Å². The molecule has 8 heteroatoms. The van der Waals surface area contributed by atoms with Gasteiger partial charge in [0.25, 0.3) is 11.5 Å². The van der Waals surface area contributed by atoms with Crippen molar-refractivity contribution in [2.45, 2.75) is 25.0 Å². The van der Waals surface area contributed by atoms with E-state index in [4.69, 9.17) is 0 Å². The molecule has 3 heterocycles. The number of H-pyrrole nitrogens is 1. The highest BCUT2D eigenvalue weighted by Crippen LogP contribution is 2.31. The number of nitrogens with one attached hydrogen (secondary N) is 1. The van der Waals surface area contributed by atoms with Gasteiger partial charge in [-0.25, -0.2) is 4.79 Å². The molecule has 126 valence electrons. The molecule has 24 heavy (non-hydrogen) atoms. The molecular weight excluding hydrogens is 312 g/mol. The topological polar surface area (TPSA) is 108 Å². The maximum atomic E-state index is 12.5. The van der Waals surface area contributed by atoms with E-state index in [1.54, 1.807) is 24.0 Å². The zero-order valence-electron chi connectivity index (χ0n) is 13.2. The van der Waals surface area contributed by atoms with Crippen molar-refractivity contribution in [3.63, 3.8) is 0 Å². The van der Waals surface area contributed by atoms with Crippen LogP contribution in [0.3, 0.4) is 0 Å². The average molecular weight is 330 g/mol. The van der Waals surface area contributed by atoms with E-state index in [1.807, 2.05) is 0 Å². The molecule has 1 fully saturated rings. The molecule has 0 radical (unpaired) electrons. The summed E-state index contributed by atoms with van der Waals surface area (Å²) in [4.78, 5) is 43.3. The van der Waals surface area contributed by atoms with Crippen LogP contribution in [0.1, 0.15) is 29.7 Å². The Morgan fingerprint density at radius 2 is 2.04 bits per heavy atom. The highest BCUT2D eigenvalue weighted by Gasteiger charge is 2.41. The van der Waals surface area contributed by atoms with Gasteiger partial charge in [-0.1, -0.05) is 0 Å². The van der Waals surface area contributed by atoms with Gasteiger partial charge in [0.1, 0.15) is 5.60 Å². The first-order valence-electron chi connectivity index (χ1n) is 7.61. The van der Waals surface area contributed by atoms with Crippen molar-refractivity contribution < 1.29 is 9.90 Å². The lowest BCUT2D eigenvalue weighted by molar-refractivity contribution is -0.0503. The monoisotopic (exact) mass is 330 g/mol. The van der Waals surface area contributed by atoms with Gasteiger partial charge in [-0.05, 0) is 25.5 Å². The summed E-state index contributed by atoms with van der Waals surface area (Å²) < 4.78 is 1.32. The molecule has 1 saturated heterocycles. The van der Waals surface area contributed by atoms with Crippen molar-refractivity contribution >= 4 is 5.91 Å². The number of carbonyl (C=O) groups excluding carboxylic acids is 1. The SMILES string of the molecule is C[C@@]1(O)CN(C(=O)c2ccncc2)CC[C@H]1n1ccc(=O)[nH]c1=O. The van der Waals surface area contributed by atoms with Crippen molar-refractivity contribution in [3.05, 3.63) is 63.2 Å². The lowest BCUT2D eigenvalue weighted by Gasteiger charge is -2.43. The molecule has 1 aliphatic rings. The number of likely N-dealkylation sites (tertiary alicyclic amines) is 1. The Morgan fingerprint density at radius 3 is 2.67 bits per heavy atom. The van der Waals surface area contributed by atoms with Crippen molar-refractivity contribution in [3.8, 4) is 0 Å². The fourth-order valence-corrected chi connectivity index (χ4v) is 3.12. The van der Waals surface area contributed by atoms with E-state index in [9.17, 15) is 19.5 Å². The van der Waals surface area contributed by atoms with Gasteiger partial charge < -0.3 is 10.0 Å². The van der Waals surface area contributed by atoms with Crippen LogP contribution < -0.4 is 11.2 Å². The summed E-state index contributed by atoms with van der Waals surface area (Å²) in [5.41, 5.74) is -1.86. The molecule has 8 nitrogen and oxygen atoms in total. The van der Waals surface area contributed by atoms with E-state index < -0.39 is 22.9 Å². The normalized spacial score (nSPS) is 23.9. The van der Waals surface area contributed by atoms with Gasteiger partial charge in [0.2, 0.25) is 0 Å². The number of aromatic nitrogens is 3. The minimum atomic E-state index is -1.30. The van der Waals surface area contributed by atoms with Gasteiger partial charge in [-0.15, -0.1) is 0 Å². The highest BCUT2D eigenvalue weighted by molar-refractivity contribution is 5.94. The number of β-amino-alcohol motifs (C(OH)–C–C–N with tert-alkyl or cyclic N) is 1. The zero-order valence-corrected chi connectivity index (χ0v) is 13.2. The number of amides is 1. The number of nitrogens with zero attached hydrogens (tertiary/aromatic N) is 3. The van der Waals surface area contributed by atoms with Gasteiger partial charge in [0.05, 0.1) is 12.6 Å². The van der Waals surface area contributed by atoms with Gasteiger partial charge in [0, 0.05) is 36.8 Å². The van der Waals surface area contributed by atoms with E-state index in [0.29, 0.717) is 18.5 Å². The summed E-state index contributed by atoms with van der Waals surface area (Å²) in [6.07, 6.45) is 4.85. The summed E-state index contributed by atoms with van der Waals surface area (Å²) in [7, 11) is 0. The average Bonchev–Trinajstić information content (AvgIpc) is 2.55. The molecule has 1 aliphatic heterocycles. The summed E-state index contributed by atoms with van der Waals surface area (Å²) in [5, 5.41) is 10.8. The zero-order chi connectivity index (χ0) is 17.3. The fraction of sp³-hybridized carbons (Fsp3) is 0.375. The molecule has 2 N–H and O–H groups in total. The number of aliphatic hydroxyl groups is 1. The van der Waals surface area contributed by atoms with Crippen LogP contribution in [0, 0.1) is 0 Å². The third-order valence-corrected chi connectivity index (χ3v) is 4.30. The number of aromatic amines is 1. The van der Waals surface area contributed by atoms with Crippen LogP contribution in [0.5, 0.6) is 0 Å². The quantitative estimate of drug-likeness (QED) is 0.791. The lowest BCUT2D eigenvalue weighted by Crippen LogP contribution is -2.56. The molecule has 0 saturated carbocycles. The molecule has 0 spiro atoms. The Hall–Kier alpha value is -2.74. The van der Waals surface area contributed by atoms with Crippen molar-refractivity contribution in [2.24, 2.45) is 0 Å². The fourth-order valence-electron chi connectivity index (χ4n) is 3.12. The number of hydrogen-bond acceptors (Lipinski definition) is 5. The molecule has 1 amide bonds. The second-order valence-electron chi connectivity index (χ2n) is 6.14. The number of carbonyl (C=O) groups is 1. The number of piperidine rings is 1. The van der Waals surface area contributed by atoms with Crippen LogP contribution in [0.15, 0.2) is 46.4 Å². The Labute approximate surface area is 137 Å². The molecule has 2 aromatic heterocycles. The van der Waals surface area contributed by atoms with Gasteiger partial charge in [0.15, 0.2) is 0 Å². The standard InChI is InChI=1S/C16H18N4O4/c1-16(24)10-19(14(22)11-2-6-17-7-3-11)8-4-12(16)20-9-5-13(21)18-15(20)23/h2-3,5-7,9,12,24H,4,8,10H2,1H3,(H,18,21,23)/t12-,16-/m1/s1. The lowest BCUT2D eigenvalue weighted by atomic mass is 9.88. The van der Waals surface area contributed by atoms with E-state index >= 15 is 0 Å². The summed E-state index contributed by atoms with van der Waals surface area (Å²) in [6.45, 7) is 2.07. The summed E-state index contributed by atoms with van der Waals surface area (Å²) in [5.74, 6) is -0.190. The van der Waals surface area contributed by atoms with Gasteiger partial charge in [-0.3, -0.25) is 24.1 Å². The summed E-state index contributed by atoms with van der Waals surface area (Å²) in [6, 6.07) is 3.96. The van der Waals surface area contributed by atoms with E-state index in [-0.39, 0.29) is 12.5 Å². The highest BCUT2D eigenvalue weighted by atomic mass is 16.3. The number of hydrogen-bond donors (Lipinski definition) is 2. The molecule has 0 bridgehead atoms. The first-order chi connectivity index (χ1) is 11.4. The van der Waals surface area contributed by atoms with Crippen molar-refractivity contribution in [1.29, 1.82) is 0 Å². The first-order valence-corrected chi connectivity index (χ1v) is 7.61. The van der Waals surface area contributed by atoms with Crippen LogP contribution >= 0.6 is 0 Å². The molecule has 0 unspecified atom stereocenters. The maximum Gasteiger partial charge on any atom is 0.328 e. The second kappa shape index (κ2) is 6.04. The molecule has 3 rings (SSSR count). The molecule has 0 aromatic carbocycles. The Morgan fingerprint density at radius 1 is 1.33 bits per heavy atom. The second-order valence-corrected chi connectivity index (χ2v) is 6.14. The maximum absolute atomic E-state index is 12.5. The molecule has 2 atom stereocenters. The third kappa shape index (κ3) is 3.00. The van der Waals surface area contributed by atoms with Gasteiger partial charge in [-0.2, -0.15) is 0 Å². The minimum Gasteiger partial charge on any atom is -0.386 e. The molecular formula is C16H18N4O4. The smallest absolute Gasteiger partial charge is 0.328 e. The molecule has 0 aliphatic carbocycles. The van der Waals surface area contributed by atoms with Crippen LogP contribution in [0.25, 0.3) is 0 Å². The van der Waals surface area contributed by atoms with Crippen LogP contribution in [0.4, 0.5) is 0 Å². The largest absolute Gasteiger partial charge is 0.386 e. The Bertz CT molecular complexity index is 856. The predicted molar refractivity (Wildman–Crippen MR) is 85.7 cm³/mol. The van der Waals surface area contributed by atoms with E-state index in [1.165, 1.54) is 29.2 Å². The van der Waals surface area contributed by atoms with Crippen molar-refractivity contribution in [1.82, 2.24) is 19.4 Å². The van der Waals surface area contributed by atoms with Crippen molar-refractivity contribution in [2.75, 3.05) is 13.1 Å². The minimum absolute atomic E-state index is 0.0877. The van der Waals surface area contributed by atoms with Crippen LogP contribution in [-0.4, -0.2) is 49.1 Å². The Kier molecular flexibility index (Phi) is 4.06. The Balaban J connectivity index is 1.84. The molecule has 2 aromatic rings. The number of rotatable bonds is 2. The summed E-state index contributed by atoms with van der Waals surface area (Å²) >= 11 is 0. The van der Waals surface area contributed by atoms with Crippen LogP contribution in [-0.2, 0) is 0 Å². The van der Waals surface area contributed by atoms with E-state index in [2.05, 4.69) is 9.97 Å². The van der Waals surface area contributed by atoms with Crippen LogP contribution in [0.2, 0.25) is 0 Å². The predicted octanol–water partition coefficient (Wildman–Crippen LogP) is -0.230. The van der Waals surface area contributed by atoms with E-state index in [0.717, 1.165) is 0 Å². The number of pyridine rings is 1.